The third-order valence-electron chi connectivity index (χ3n) is 9.54. The van der Waals surface area contributed by atoms with Crippen LogP contribution in [-0.4, -0.2) is 76.7 Å². The largest absolute Gasteiger partial charge is 0.436 e. The van der Waals surface area contributed by atoms with Gasteiger partial charge in [0.15, 0.2) is 6.10 Å². The molecule has 4 heterocycles. The highest BCUT2D eigenvalue weighted by Crippen LogP contribution is 2.32. The van der Waals surface area contributed by atoms with Crippen LogP contribution in [-0.2, 0) is 16.0 Å². The van der Waals surface area contributed by atoms with Gasteiger partial charge in [-0.2, -0.15) is 0 Å². The molecule has 2 N–H and O–H groups in total. The van der Waals surface area contributed by atoms with Crippen molar-refractivity contribution in [1.82, 2.24) is 24.7 Å². The molecule has 0 aliphatic carbocycles. The maximum absolute atomic E-state index is 13.9. The minimum atomic E-state index is -0.898. The number of halogens is 2. The smallest absolute Gasteiger partial charge is 0.410 e. The number of nitrogens with one attached hydrogen (secondary N) is 2. The van der Waals surface area contributed by atoms with Crippen LogP contribution in [0.3, 0.4) is 0 Å². The van der Waals surface area contributed by atoms with E-state index >= 15 is 0 Å². The summed E-state index contributed by atoms with van der Waals surface area (Å²) in [7, 11) is 0. The highest BCUT2D eigenvalue weighted by Gasteiger charge is 2.35. The van der Waals surface area contributed by atoms with E-state index in [1.54, 1.807) is 4.90 Å². The summed E-state index contributed by atoms with van der Waals surface area (Å²) in [6.45, 7) is 4.50. The summed E-state index contributed by atoms with van der Waals surface area (Å²) in [5.41, 5.74) is 2.49. The standard InChI is InChI=1S/C32H39Br2N5O4.CH4/c33-25-6-5-21(19-26(25)34)20-29(30(40)37-15-9-23(10-16-37)22-7-13-35-14-8-22)43-32(42)38-17-11-24(12-18-38)39-28-4-2-1-3-27(28)36-31(39)41;/h1-6,19,22-24,29,35H,7-18,20H2,(H,36,41);1H4/t29-;/m1./s1. The van der Waals surface area contributed by atoms with Crippen molar-refractivity contribution in [1.29, 1.82) is 0 Å². The van der Waals surface area contributed by atoms with Gasteiger partial charge in [-0.1, -0.05) is 25.6 Å². The maximum atomic E-state index is 13.9. The third-order valence-corrected chi connectivity index (χ3v) is 11.4. The Labute approximate surface area is 275 Å². The van der Waals surface area contributed by atoms with E-state index in [1.165, 1.54) is 12.8 Å². The summed E-state index contributed by atoms with van der Waals surface area (Å²) in [4.78, 5) is 46.6. The molecule has 0 radical (unpaired) electrons. The maximum Gasteiger partial charge on any atom is 0.410 e. The first-order chi connectivity index (χ1) is 20.9. The number of benzene rings is 2. The molecule has 0 bridgehead atoms. The number of hydrogen-bond donors (Lipinski definition) is 2. The monoisotopic (exact) mass is 731 g/mol. The van der Waals surface area contributed by atoms with Crippen LogP contribution in [0.4, 0.5) is 4.79 Å². The first kappa shape index (κ1) is 32.8. The highest BCUT2D eigenvalue weighted by molar-refractivity contribution is 9.13. The number of likely N-dealkylation sites (tertiary alicyclic amines) is 2. The minimum absolute atomic E-state index is 0. The number of aromatic nitrogens is 2. The van der Waals surface area contributed by atoms with Gasteiger partial charge < -0.3 is 24.8 Å². The van der Waals surface area contributed by atoms with Crippen LogP contribution in [0.1, 0.15) is 57.6 Å². The van der Waals surface area contributed by atoms with Crippen LogP contribution in [0.2, 0.25) is 0 Å². The van der Waals surface area contributed by atoms with Gasteiger partial charge in [-0.15, -0.1) is 0 Å². The number of aromatic amines is 1. The van der Waals surface area contributed by atoms with Gasteiger partial charge in [0.25, 0.3) is 5.91 Å². The zero-order valence-electron chi connectivity index (χ0n) is 24.3. The lowest BCUT2D eigenvalue weighted by molar-refractivity contribution is -0.142. The van der Waals surface area contributed by atoms with Crippen LogP contribution in [0.15, 0.2) is 56.2 Å². The van der Waals surface area contributed by atoms with Gasteiger partial charge in [-0.05, 0) is 125 Å². The van der Waals surface area contributed by atoms with E-state index in [1.807, 2.05) is 51.9 Å². The zero-order valence-corrected chi connectivity index (χ0v) is 27.4. The topological polar surface area (TPSA) is 99.7 Å². The lowest BCUT2D eigenvalue weighted by Gasteiger charge is -2.39. The molecule has 11 heteroatoms. The summed E-state index contributed by atoms with van der Waals surface area (Å²) >= 11 is 7.07. The second-order valence-corrected chi connectivity index (χ2v) is 13.8. The van der Waals surface area contributed by atoms with Crippen molar-refractivity contribution >= 4 is 54.9 Å². The molecule has 0 spiro atoms. The molecule has 3 aliphatic rings. The number of amides is 2. The van der Waals surface area contributed by atoms with E-state index in [9.17, 15) is 14.4 Å². The number of hydrogen-bond acceptors (Lipinski definition) is 5. The van der Waals surface area contributed by atoms with E-state index in [4.69, 9.17) is 4.74 Å². The fourth-order valence-corrected chi connectivity index (χ4v) is 7.78. The first-order valence-corrected chi connectivity index (χ1v) is 17.0. The summed E-state index contributed by atoms with van der Waals surface area (Å²) < 4.78 is 9.65. The first-order valence-electron chi connectivity index (χ1n) is 15.5. The Kier molecular flexibility index (Phi) is 10.9. The van der Waals surface area contributed by atoms with Crippen molar-refractivity contribution in [2.45, 2.75) is 64.5 Å². The lowest BCUT2D eigenvalue weighted by Crippen LogP contribution is -2.49. The molecule has 0 saturated carbocycles. The molecule has 3 fully saturated rings. The number of para-hydroxylation sites is 2. The predicted molar refractivity (Wildman–Crippen MR) is 180 cm³/mol. The van der Waals surface area contributed by atoms with Gasteiger partial charge in [0.05, 0.1) is 11.0 Å². The SMILES string of the molecule is C.O=C(O[C@H](Cc1ccc(Br)c(Br)c1)C(=O)N1CCC(C2CCNCC2)CC1)N1CCC(n2c(=O)[nH]c3ccccc32)CC1. The van der Waals surface area contributed by atoms with Crippen molar-refractivity contribution in [3.8, 4) is 0 Å². The normalized spacial score (nSPS) is 19.5. The number of ether oxygens (including phenoxy) is 1. The second kappa shape index (κ2) is 14.6. The summed E-state index contributed by atoms with van der Waals surface area (Å²) in [5, 5.41) is 3.45. The number of carbonyl (C=O) groups excluding carboxylic acids is 2. The quantitative estimate of drug-likeness (QED) is 0.319. The number of nitrogens with zero attached hydrogens (tertiary/aromatic N) is 3. The molecule has 1 aromatic heterocycles. The molecule has 1 atom stereocenters. The second-order valence-electron chi connectivity index (χ2n) is 12.1. The molecule has 0 unspecified atom stereocenters. The summed E-state index contributed by atoms with van der Waals surface area (Å²) in [6, 6.07) is 13.5. The van der Waals surface area contributed by atoms with Gasteiger partial charge in [0.2, 0.25) is 0 Å². The molecule has 2 aromatic carbocycles. The number of carbonyl (C=O) groups is 2. The molecular weight excluding hydrogens is 690 g/mol. The molecule has 3 saturated heterocycles. The van der Waals surface area contributed by atoms with Crippen molar-refractivity contribution in [2.24, 2.45) is 11.8 Å². The minimum Gasteiger partial charge on any atom is -0.436 e. The number of fused-ring (bicyclic) bond motifs is 1. The van der Waals surface area contributed by atoms with Crippen molar-refractivity contribution < 1.29 is 14.3 Å². The van der Waals surface area contributed by atoms with E-state index in [0.29, 0.717) is 51.4 Å². The average molecular weight is 734 g/mol. The molecule has 6 rings (SSSR count). The zero-order chi connectivity index (χ0) is 29.9. The van der Waals surface area contributed by atoms with Crippen LogP contribution in [0.5, 0.6) is 0 Å². The van der Waals surface area contributed by atoms with Crippen molar-refractivity contribution in [3.63, 3.8) is 0 Å². The highest BCUT2D eigenvalue weighted by atomic mass is 79.9. The van der Waals surface area contributed by atoms with Gasteiger partial charge >= 0.3 is 11.8 Å². The molecular formula is C33H43Br2N5O4. The van der Waals surface area contributed by atoms with Crippen LogP contribution in [0, 0.1) is 11.8 Å². The van der Waals surface area contributed by atoms with Crippen molar-refractivity contribution in [3.05, 3.63) is 67.5 Å². The van der Waals surface area contributed by atoms with Gasteiger partial charge in [0, 0.05) is 47.6 Å². The number of piperidine rings is 3. The van der Waals surface area contributed by atoms with E-state index in [2.05, 4.69) is 42.2 Å². The molecule has 44 heavy (non-hydrogen) atoms. The van der Waals surface area contributed by atoms with E-state index in [-0.39, 0.29) is 25.1 Å². The Morgan fingerprint density at radius 2 is 1.52 bits per heavy atom. The fraction of sp³-hybridized carbons (Fsp3) is 0.545. The molecule has 238 valence electrons. The molecule has 9 nitrogen and oxygen atoms in total. The van der Waals surface area contributed by atoms with Crippen LogP contribution < -0.4 is 11.0 Å². The fourth-order valence-electron chi connectivity index (χ4n) is 7.11. The predicted octanol–water partition coefficient (Wildman–Crippen LogP) is 6.11. The lowest BCUT2D eigenvalue weighted by atomic mass is 9.79. The molecule has 2 amide bonds. The Bertz CT molecular complexity index is 1500. The number of imidazole rings is 1. The van der Waals surface area contributed by atoms with Gasteiger partial charge in [0.1, 0.15) is 0 Å². The summed E-state index contributed by atoms with van der Waals surface area (Å²) in [6.07, 6.45) is 4.65. The van der Waals surface area contributed by atoms with Crippen LogP contribution in [0.25, 0.3) is 11.0 Å². The van der Waals surface area contributed by atoms with E-state index < -0.39 is 12.2 Å². The van der Waals surface area contributed by atoms with Gasteiger partial charge in [-0.25, -0.2) is 9.59 Å². The van der Waals surface area contributed by atoms with E-state index in [0.717, 1.165) is 57.4 Å². The van der Waals surface area contributed by atoms with Gasteiger partial charge in [-0.3, -0.25) is 9.36 Å². The Balaban J connectivity index is 0.00000384. The third kappa shape index (κ3) is 7.26. The Morgan fingerprint density at radius 3 is 2.23 bits per heavy atom. The molecule has 3 aliphatic heterocycles. The number of rotatable bonds is 6. The average Bonchev–Trinajstić information content (AvgIpc) is 3.38. The van der Waals surface area contributed by atoms with Crippen LogP contribution >= 0.6 is 31.9 Å². The Morgan fingerprint density at radius 1 is 0.864 bits per heavy atom. The van der Waals surface area contributed by atoms with Crippen molar-refractivity contribution in [2.75, 3.05) is 39.3 Å². The Hall–Kier alpha value is -2.63. The number of H-pyrrole nitrogens is 1. The summed E-state index contributed by atoms with van der Waals surface area (Å²) in [5.74, 6) is 1.27. The molecule has 3 aromatic rings.